The molecular weight excluding hydrogens is 288 g/mol. The van der Waals surface area contributed by atoms with Crippen LogP contribution in [0.4, 0.5) is 5.82 Å². The third-order valence-corrected chi connectivity index (χ3v) is 4.32. The van der Waals surface area contributed by atoms with E-state index >= 15 is 0 Å². The molecule has 1 aliphatic rings. The van der Waals surface area contributed by atoms with E-state index in [1.165, 1.54) is 19.4 Å². The Balaban J connectivity index is 1.74. The summed E-state index contributed by atoms with van der Waals surface area (Å²) in [5.74, 6) is 1.71. The van der Waals surface area contributed by atoms with Crippen LogP contribution in [0.2, 0.25) is 0 Å². The van der Waals surface area contributed by atoms with Crippen LogP contribution in [0.15, 0.2) is 30.3 Å². The molecule has 0 aliphatic carbocycles. The Morgan fingerprint density at radius 1 is 1.22 bits per heavy atom. The summed E-state index contributed by atoms with van der Waals surface area (Å²) < 4.78 is 5.20. The van der Waals surface area contributed by atoms with Gasteiger partial charge in [-0.1, -0.05) is 0 Å². The Morgan fingerprint density at radius 3 is 2.65 bits per heavy atom. The number of likely N-dealkylation sites (N-methyl/N-ethyl adjacent to an activating group) is 1. The zero-order valence-electron chi connectivity index (χ0n) is 14.0. The molecule has 0 radical (unpaired) electrons. The normalized spacial score (nSPS) is 18.7. The largest absolute Gasteiger partial charge is 0.497 e. The highest BCUT2D eigenvalue weighted by atomic mass is 16.5. The van der Waals surface area contributed by atoms with Gasteiger partial charge in [-0.2, -0.15) is 0 Å². The minimum Gasteiger partial charge on any atom is -0.497 e. The Kier molecular flexibility index (Phi) is 4.76. The van der Waals surface area contributed by atoms with Crippen molar-refractivity contribution in [2.45, 2.75) is 25.8 Å². The third kappa shape index (κ3) is 3.79. The van der Waals surface area contributed by atoms with Gasteiger partial charge in [0.2, 0.25) is 0 Å². The Labute approximate surface area is 137 Å². The number of piperidine rings is 1. The fourth-order valence-electron chi connectivity index (χ4n) is 3.08. The summed E-state index contributed by atoms with van der Waals surface area (Å²) in [6.07, 6.45) is 2.41. The van der Waals surface area contributed by atoms with Crippen LogP contribution < -0.4 is 10.1 Å². The molecule has 122 valence electrons. The van der Waals surface area contributed by atoms with Gasteiger partial charge in [-0.3, -0.25) is 0 Å². The smallest absolute Gasteiger partial charge is 0.149 e. The summed E-state index contributed by atoms with van der Waals surface area (Å²) in [5.41, 5.74) is 3.09. The Morgan fingerprint density at radius 2 is 2.00 bits per heavy atom. The van der Waals surface area contributed by atoms with Gasteiger partial charge in [0.05, 0.1) is 12.8 Å². The van der Waals surface area contributed by atoms with Gasteiger partial charge in [0, 0.05) is 18.2 Å². The predicted molar refractivity (Wildman–Crippen MR) is 92.9 cm³/mol. The van der Waals surface area contributed by atoms with Crippen LogP contribution >= 0.6 is 0 Å². The molecule has 2 heterocycles. The number of aromatic nitrogens is 2. The van der Waals surface area contributed by atoms with Gasteiger partial charge in [0.1, 0.15) is 11.6 Å². The first kappa shape index (κ1) is 15.7. The number of ether oxygens (including phenoxy) is 1. The lowest BCUT2D eigenvalue weighted by Gasteiger charge is -2.30. The van der Waals surface area contributed by atoms with E-state index in [9.17, 15) is 0 Å². The van der Waals surface area contributed by atoms with Crippen molar-refractivity contribution < 1.29 is 4.74 Å². The van der Waals surface area contributed by atoms with E-state index in [2.05, 4.69) is 40.5 Å². The van der Waals surface area contributed by atoms with Crippen LogP contribution in [-0.4, -0.2) is 48.4 Å². The zero-order valence-corrected chi connectivity index (χ0v) is 14.0. The fourth-order valence-corrected chi connectivity index (χ4v) is 3.08. The van der Waals surface area contributed by atoms with Crippen molar-refractivity contribution in [1.82, 2.24) is 15.1 Å². The summed E-state index contributed by atoms with van der Waals surface area (Å²) in [4.78, 5) is 2.35. The molecule has 1 saturated heterocycles. The highest BCUT2D eigenvalue weighted by molar-refractivity contribution is 5.64. The summed E-state index contributed by atoms with van der Waals surface area (Å²) >= 11 is 0. The lowest BCUT2D eigenvalue weighted by Crippen LogP contribution is -2.39. The van der Waals surface area contributed by atoms with Gasteiger partial charge in [-0.15, -0.1) is 10.2 Å². The van der Waals surface area contributed by atoms with E-state index < -0.39 is 0 Å². The molecule has 5 nitrogen and oxygen atoms in total. The molecule has 1 aromatic heterocycles. The number of anilines is 1. The number of benzene rings is 1. The van der Waals surface area contributed by atoms with Gasteiger partial charge in [-0.05, 0) is 69.3 Å². The number of nitrogens with zero attached hydrogens (tertiary/aromatic N) is 3. The maximum absolute atomic E-state index is 5.20. The van der Waals surface area contributed by atoms with E-state index in [1.807, 2.05) is 24.3 Å². The lowest BCUT2D eigenvalue weighted by molar-refractivity contribution is 0.260. The second-order valence-electron chi connectivity index (χ2n) is 6.24. The Bertz CT molecular complexity index is 657. The first-order valence-electron chi connectivity index (χ1n) is 8.09. The SMILES string of the molecule is COc1ccc(-c2nnc(N[C@@H]3CCCN(C)C3)cc2C)cc1. The molecule has 3 rings (SSSR count). The van der Waals surface area contributed by atoms with Crippen LogP contribution in [0.25, 0.3) is 11.3 Å². The molecule has 1 atom stereocenters. The number of aryl methyl sites for hydroxylation is 1. The van der Waals surface area contributed by atoms with Gasteiger partial charge in [-0.25, -0.2) is 0 Å². The minimum absolute atomic E-state index is 0.453. The maximum atomic E-state index is 5.20. The summed E-state index contributed by atoms with van der Waals surface area (Å²) in [7, 11) is 3.83. The number of likely N-dealkylation sites (tertiary alicyclic amines) is 1. The van der Waals surface area contributed by atoms with Crippen LogP contribution in [0.3, 0.4) is 0 Å². The quantitative estimate of drug-likeness (QED) is 0.940. The Hall–Kier alpha value is -2.14. The summed E-state index contributed by atoms with van der Waals surface area (Å²) in [6.45, 7) is 4.31. The second kappa shape index (κ2) is 6.96. The highest BCUT2D eigenvalue weighted by Crippen LogP contribution is 2.24. The average Bonchev–Trinajstić information content (AvgIpc) is 2.55. The number of nitrogens with one attached hydrogen (secondary N) is 1. The molecule has 0 unspecified atom stereocenters. The topological polar surface area (TPSA) is 50.3 Å². The van der Waals surface area contributed by atoms with Crippen molar-refractivity contribution in [3.63, 3.8) is 0 Å². The monoisotopic (exact) mass is 312 g/mol. The van der Waals surface area contributed by atoms with E-state index in [0.717, 1.165) is 34.9 Å². The molecule has 1 aromatic carbocycles. The van der Waals surface area contributed by atoms with Crippen molar-refractivity contribution in [1.29, 1.82) is 0 Å². The van der Waals surface area contributed by atoms with Crippen molar-refractivity contribution >= 4 is 5.82 Å². The number of hydrogen-bond acceptors (Lipinski definition) is 5. The molecular formula is C18H24N4O. The molecule has 1 N–H and O–H groups in total. The van der Waals surface area contributed by atoms with Crippen molar-refractivity contribution in [2.75, 3.05) is 32.6 Å². The molecule has 23 heavy (non-hydrogen) atoms. The van der Waals surface area contributed by atoms with E-state index in [1.54, 1.807) is 7.11 Å². The van der Waals surface area contributed by atoms with Crippen molar-refractivity contribution in [2.24, 2.45) is 0 Å². The maximum Gasteiger partial charge on any atom is 0.149 e. The van der Waals surface area contributed by atoms with Crippen LogP contribution in [-0.2, 0) is 0 Å². The standard InChI is InChI=1S/C18H24N4O/c1-13-11-17(19-15-5-4-10-22(2)12-15)20-21-18(13)14-6-8-16(23-3)9-7-14/h6-9,11,15H,4-5,10,12H2,1-3H3,(H,19,20)/t15-/m1/s1. The first-order valence-corrected chi connectivity index (χ1v) is 8.09. The van der Waals surface area contributed by atoms with Gasteiger partial charge >= 0.3 is 0 Å². The van der Waals surface area contributed by atoms with Crippen LogP contribution in [0.1, 0.15) is 18.4 Å². The van der Waals surface area contributed by atoms with Crippen molar-refractivity contribution in [3.8, 4) is 17.0 Å². The zero-order chi connectivity index (χ0) is 16.2. The van der Waals surface area contributed by atoms with Crippen LogP contribution in [0, 0.1) is 6.92 Å². The summed E-state index contributed by atoms with van der Waals surface area (Å²) in [6, 6.07) is 10.5. The fraction of sp³-hybridized carbons (Fsp3) is 0.444. The number of methoxy groups -OCH3 is 1. The van der Waals surface area contributed by atoms with E-state index in [0.29, 0.717) is 6.04 Å². The van der Waals surface area contributed by atoms with Gasteiger partial charge in [0.25, 0.3) is 0 Å². The van der Waals surface area contributed by atoms with E-state index in [4.69, 9.17) is 4.74 Å². The number of rotatable bonds is 4. The molecule has 0 bridgehead atoms. The summed E-state index contributed by atoms with van der Waals surface area (Å²) in [5, 5.41) is 12.3. The number of hydrogen-bond donors (Lipinski definition) is 1. The third-order valence-electron chi connectivity index (χ3n) is 4.32. The van der Waals surface area contributed by atoms with Gasteiger partial charge in [0.15, 0.2) is 0 Å². The lowest BCUT2D eigenvalue weighted by atomic mass is 10.1. The van der Waals surface area contributed by atoms with E-state index in [-0.39, 0.29) is 0 Å². The van der Waals surface area contributed by atoms with Gasteiger partial charge < -0.3 is 15.0 Å². The van der Waals surface area contributed by atoms with Crippen LogP contribution in [0.5, 0.6) is 5.75 Å². The van der Waals surface area contributed by atoms with Crippen molar-refractivity contribution in [3.05, 3.63) is 35.9 Å². The first-order chi connectivity index (χ1) is 11.2. The molecule has 0 saturated carbocycles. The average molecular weight is 312 g/mol. The molecule has 0 spiro atoms. The highest BCUT2D eigenvalue weighted by Gasteiger charge is 2.17. The minimum atomic E-state index is 0.453. The predicted octanol–water partition coefficient (Wildman–Crippen LogP) is 2.97. The molecule has 2 aromatic rings. The molecule has 0 amide bonds. The molecule has 5 heteroatoms. The second-order valence-corrected chi connectivity index (χ2v) is 6.24. The molecule has 1 fully saturated rings. The molecule has 1 aliphatic heterocycles.